The number of alkyl halides is 2. The van der Waals surface area contributed by atoms with Crippen LogP contribution in [0.1, 0.15) is 42.6 Å². The lowest BCUT2D eigenvalue weighted by atomic mass is 9.98. The molecule has 0 fully saturated rings. The third-order valence-corrected chi connectivity index (χ3v) is 2.21. The van der Waals surface area contributed by atoms with Gasteiger partial charge < -0.3 is 0 Å². The maximum absolute atomic E-state index is 12.8. The summed E-state index contributed by atoms with van der Waals surface area (Å²) in [6.07, 6.45) is 0. The number of hydrogen-bond donors (Lipinski definition) is 0. The molecule has 0 aromatic heterocycles. The van der Waals surface area contributed by atoms with Gasteiger partial charge in [-0.1, -0.05) is 32.0 Å². The Labute approximate surface area is 88.1 Å². The van der Waals surface area contributed by atoms with Crippen LogP contribution in [0.4, 0.5) is 8.78 Å². The van der Waals surface area contributed by atoms with Gasteiger partial charge in [-0.15, -0.1) is 0 Å². The fourth-order valence-electron chi connectivity index (χ4n) is 1.29. The minimum absolute atomic E-state index is 0.0775. The number of rotatable bonds is 3. The first-order valence-electron chi connectivity index (χ1n) is 4.85. The highest BCUT2D eigenvalue weighted by atomic mass is 19.3. The molecule has 1 aromatic carbocycles. The Morgan fingerprint density at radius 3 is 2.40 bits per heavy atom. The summed E-state index contributed by atoms with van der Waals surface area (Å²) in [4.78, 5) is 11.3. The fourth-order valence-corrected chi connectivity index (χ4v) is 1.29. The largest absolute Gasteiger partial charge is 0.307 e. The monoisotopic (exact) mass is 212 g/mol. The van der Waals surface area contributed by atoms with Crippen LogP contribution in [0.5, 0.6) is 0 Å². The fraction of sp³-hybridized carbons (Fsp3) is 0.417. The molecule has 0 bridgehead atoms. The molecule has 0 atom stereocenters. The van der Waals surface area contributed by atoms with Crippen molar-refractivity contribution in [3.8, 4) is 0 Å². The van der Waals surface area contributed by atoms with Crippen LogP contribution in [0.25, 0.3) is 0 Å². The highest BCUT2D eigenvalue weighted by Gasteiger charge is 2.33. The lowest BCUT2D eigenvalue weighted by Crippen LogP contribution is -2.24. The zero-order chi connectivity index (χ0) is 11.6. The Morgan fingerprint density at radius 1 is 1.33 bits per heavy atom. The van der Waals surface area contributed by atoms with Crippen LogP contribution in [0.3, 0.4) is 0 Å². The van der Waals surface area contributed by atoms with E-state index in [-0.39, 0.29) is 11.5 Å². The molecular weight excluding hydrogens is 198 g/mol. The van der Waals surface area contributed by atoms with Gasteiger partial charge in [0.05, 0.1) is 0 Å². The minimum atomic E-state index is -3.30. The summed E-state index contributed by atoms with van der Waals surface area (Å²) < 4.78 is 25.6. The summed E-state index contributed by atoms with van der Waals surface area (Å²) in [6.45, 7) is 4.53. The summed E-state index contributed by atoms with van der Waals surface area (Å²) >= 11 is 0. The number of carbonyl (C=O) groups is 1. The van der Waals surface area contributed by atoms with Gasteiger partial charge in [0.15, 0.2) is 0 Å². The van der Waals surface area contributed by atoms with Gasteiger partial charge in [-0.25, -0.2) is 0 Å². The average molecular weight is 212 g/mol. The van der Waals surface area contributed by atoms with Crippen LogP contribution < -0.4 is 0 Å². The number of Topliss-reactive ketones (excluding diaryl/α,β-unsaturated/α-hetero) is 1. The number of hydrogen-bond acceptors (Lipinski definition) is 1. The van der Waals surface area contributed by atoms with Crippen LogP contribution in [-0.2, 0) is 0 Å². The third-order valence-electron chi connectivity index (χ3n) is 2.21. The van der Waals surface area contributed by atoms with Gasteiger partial charge in [-0.05, 0) is 17.5 Å². The number of ketones is 1. The van der Waals surface area contributed by atoms with E-state index in [4.69, 9.17) is 0 Å². The lowest BCUT2D eigenvalue weighted by Gasteiger charge is -2.11. The first kappa shape index (κ1) is 11.8. The molecule has 0 heterocycles. The van der Waals surface area contributed by atoms with Gasteiger partial charge in [0.2, 0.25) is 5.78 Å². The maximum Gasteiger partial charge on any atom is 0.307 e. The molecule has 0 saturated carbocycles. The van der Waals surface area contributed by atoms with Crippen molar-refractivity contribution in [1.82, 2.24) is 0 Å². The van der Waals surface area contributed by atoms with E-state index in [0.29, 0.717) is 6.92 Å². The molecule has 3 heteroatoms. The quantitative estimate of drug-likeness (QED) is 0.699. The molecule has 0 saturated heterocycles. The molecule has 0 aliphatic heterocycles. The molecule has 0 aliphatic rings. The van der Waals surface area contributed by atoms with Crippen LogP contribution in [0.15, 0.2) is 24.3 Å². The molecule has 1 nitrogen and oxygen atoms in total. The van der Waals surface area contributed by atoms with Gasteiger partial charge in [0.25, 0.3) is 0 Å². The van der Waals surface area contributed by atoms with Gasteiger partial charge in [-0.2, -0.15) is 8.78 Å². The Kier molecular flexibility index (Phi) is 3.22. The molecule has 82 valence electrons. The van der Waals surface area contributed by atoms with E-state index >= 15 is 0 Å². The zero-order valence-electron chi connectivity index (χ0n) is 9.05. The predicted octanol–water partition coefficient (Wildman–Crippen LogP) is 3.65. The van der Waals surface area contributed by atoms with Gasteiger partial charge in [0, 0.05) is 12.5 Å². The van der Waals surface area contributed by atoms with E-state index in [1.165, 1.54) is 12.1 Å². The molecule has 0 amide bonds. The Balaban J connectivity index is 3.06. The standard InChI is InChI=1S/C12H14F2O/c1-8(2)9-5-4-6-10(7-9)11(15)12(3,13)14/h4-8H,1-3H3. The first-order chi connectivity index (χ1) is 6.82. The number of carbonyl (C=O) groups excluding carboxylic acids is 1. The Morgan fingerprint density at radius 2 is 1.93 bits per heavy atom. The van der Waals surface area contributed by atoms with E-state index in [2.05, 4.69) is 0 Å². The summed E-state index contributed by atoms with van der Waals surface area (Å²) in [5, 5.41) is 0. The average Bonchev–Trinajstić information content (AvgIpc) is 2.15. The first-order valence-corrected chi connectivity index (χ1v) is 4.85. The van der Waals surface area contributed by atoms with Crippen LogP contribution >= 0.6 is 0 Å². The van der Waals surface area contributed by atoms with Crippen LogP contribution in [0.2, 0.25) is 0 Å². The summed E-state index contributed by atoms with van der Waals surface area (Å²) in [5.74, 6) is -4.19. The lowest BCUT2D eigenvalue weighted by molar-refractivity contribution is 0.0221. The van der Waals surface area contributed by atoms with Crippen molar-refractivity contribution in [3.63, 3.8) is 0 Å². The second-order valence-electron chi connectivity index (χ2n) is 4.00. The van der Waals surface area contributed by atoms with Crippen molar-refractivity contribution in [1.29, 1.82) is 0 Å². The van der Waals surface area contributed by atoms with Crippen molar-refractivity contribution < 1.29 is 13.6 Å². The van der Waals surface area contributed by atoms with Crippen LogP contribution in [-0.4, -0.2) is 11.7 Å². The molecule has 1 aromatic rings. The number of benzene rings is 1. The molecule has 0 spiro atoms. The maximum atomic E-state index is 12.8. The SMILES string of the molecule is CC(C)c1cccc(C(=O)C(C)(F)F)c1. The number of halogens is 2. The Hall–Kier alpha value is -1.25. The third kappa shape index (κ3) is 2.85. The molecule has 15 heavy (non-hydrogen) atoms. The molecular formula is C12H14F2O. The van der Waals surface area contributed by atoms with Crippen molar-refractivity contribution in [3.05, 3.63) is 35.4 Å². The van der Waals surface area contributed by atoms with Gasteiger partial charge in [-0.3, -0.25) is 4.79 Å². The summed E-state index contributed by atoms with van der Waals surface area (Å²) in [6, 6.07) is 6.42. The van der Waals surface area contributed by atoms with Gasteiger partial charge >= 0.3 is 5.92 Å². The molecule has 1 rings (SSSR count). The van der Waals surface area contributed by atoms with Crippen molar-refractivity contribution >= 4 is 5.78 Å². The molecule has 0 radical (unpaired) electrons. The summed E-state index contributed by atoms with van der Waals surface area (Å²) in [5.41, 5.74) is 0.971. The highest BCUT2D eigenvalue weighted by Crippen LogP contribution is 2.22. The van der Waals surface area contributed by atoms with E-state index in [1.54, 1.807) is 6.07 Å². The van der Waals surface area contributed by atoms with Crippen LogP contribution in [0, 0.1) is 0 Å². The molecule has 0 N–H and O–H groups in total. The van der Waals surface area contributed by atoms with Crippen molar-refractivity contribution in [2.75, 3.05) is 0 Å². The van der Waals surface area contributed by atoms with Gasteiger partial charge in [0.1, 0.15) is 0 Å². The highest BCUT2D eigenvalue weighted by molar-refractivity contribution is 6.01. The topological polar surface area (TPSA) is 17.1 Å². The predicted molar refractivity (Wildman–Crippen MR) is 55.5 cm³/mol. The van der Waals surface area contributed by atoms with E-state index in [0.717, 1.165) is 5.56 Å². The minimum Gasteiger partial charge on any atom is -0.287 e. The molecule has 0 aliphatic carbocycles. The Bertz CT molecular complexity index is 364. The normalized spacial score (nSPS) is 11.9. The zero-order valence-corrected chi connectivity index (χ0v) is 9.05. The second kappa shape index (κ2) is 4.09. The van der Waals surface area contributed by atoms with E-state index < -0.39 is 11.7 Å². The van der Waals surface area contributed by atoms with E-state index in [1.807, 2.05) is 19.9 Å². The second-order valence-corrected chi connectivity index (χ2v) is 4.00. The smallest absolute Gasteiger partial charge is 0.287 e. The van der Waals surface area contributed by atoms with E-state index in [9.17, 15) is 13.6 Å². The van der Waals surface area contributed by atoms with Crippen molar-refractivity contribution in [2.45, 2.75) is 32.6 Å². The molecule has 0 unspecified atom stereocenters. The van der Waals surface area contributed by atoms with Crippen molar-refractivity contribution in [2.24, 2.45) is 0 Å². The summed E-state index contributed by atoms with van der Waals surface area (Å²) in [7, 11) is 0.